The average molecular weight is 264 g/mol. The normalized spacial score (nSPS) is 25.7. The molecular formula is C15H20O2S. The summed E-state index contributed by atoms with van der Waals surface area (Å²) in [5.74, 6) is 1.51. The lowest BCUT2D eigenvalue weighted by Crippen LogP contribution is -2.31. The third kappa shape index (κ3) is 3.59. The van der Waals surface area contributed by atoms with Crippen molar-refractivity contribution in [2.45, 2.75) is 44.1 Å². The maximum Gasteiger partial charge on any atom is 0.172 e. The van der Waals surface area contributed by atoms with E-state index in [-0.39, 0.29) is 23.2 Å². The predicted octanol–water partition coefficient (Wildman–Crippen LogP) is 3.62. The van der Waals surface area contributed by atoms with E-state index in [4.69, 9.17) is 4.74 Å². The standard InChI is InChI=1S/C15H20O2S/c1-11(13-6-4-3-5-7-13)10-14(16)15-17-12(2)8-9-18-15/h3-7,11-12,15H,8-10H2,1-2H3/t11-,12+,15+/m0/s1. The van der Waals surface area contributed by atoms with Crippen LogP contribution in [0.2, 0.25) is 0 Å². The van der Waals surface area contributed by atoms with Gasteiger partial charge in [-0.3, -0.25) is 4.79 Å². The third-order valence-electron chi connectivity index (χ3n) is 3.29. The Morgan fingerprint density at radius 3 is 2.83 bits per heavy atom. The molecule has 3 heteroatoms. The number of benzene rings is 1. The van der Waals surface area contributed by atoms with Crippen molar-refractivity contribution >= 4 is 17.5 Å². The molecule has 1 aliphatic heterocycles. The molecule has 2 rings (SSSR count). The first-order valence-corrected chi connectivity index (χ1v) is 7.56. The lowest BCUT2D eigenvalue weighted by Gasteiger charge is -2.27. The fourth-order valence-electron chi connectivity index (χ4n) is 2.13. The molecule has 0 aliphatic carbocycles. The highest BCUT2D eigenvalue weighted by Gasteiger charge is 2.27. The summed E-state index contributed by atoms with van der Waals surface area (Å²) in [5, 5.41) is 0. The highest BCUT2D eigenvalue weighted by Crippen LogP contribution is 2.28. The van der Waals surface area contributed by atoms with Gasteiger partial charge >= 0.3 is 0 Å². The lowest BCUT2D eigenvalue weighted by atomic mass is 9.96. The quantitative estimate of drug-likeness (QED) is 0.831. The summed E-state index contributed by atoms with van der Waals surface area (Å²) in [7, 11) is 0. The fraction of sp³-hybridized carbons (Fsp3) is 0.533. The zero-order valence-corrected chi connectivity index (χ0v) is 11.8. The second-order valence-electron chi connectivity index (χ2n) is 4.92. The zero-order chi connectivity index (χ0) is 13.0. The number of hydrogen-bond acceptors (Lipinski definition) is 3. The van der Waals surface area contributed by atoms with Crippen LogP contribution in [0.1, 0.15) is 38.2 Å². The molecular weight excluding hydrogens is 244 g/mol. The summed E-state index contributed by atoms with van der Waals surface area (Å²) in [4.78, 5) is 12.2. The number of ether oxygens (including phenoxy) is 1. The number of carbonyl (C=O) groups excluding carboxylic acids is 1. The Morgan fingerprint density at radius 1 is 1.44 bits per heavy atom. The van der Waals surface area contributed by atoms with Gasteiger partial charge in [-0.1, -0.05) is 37.3 Å². The van der Waals surface area contributed by atoms with Crippen LogP contribution in [0.4, 0.5) is 0 Å². The molecule has 98 valence electrons. The van der Waals surface area contributed by atoms with Gasteiger partial charge in [0.25, 0.3) is 0 Å². The van der Waals surface area contributed by atoms with Gasteiger partial charge in [0.2, 0.25) is 0 Å². The molecule has 1 saturated heterocycles. The monoisotopic (exact) mass is 264 g/mol. The van der Waals surface area contributed by atoms with E-state index >= 15 is 0 Å². The van der Waals surface area contributed by atoms with Gasteiger partial charge < -0.3 is 4.74 Å². The summed E-state index contributed by atoms with van der Waals surface area (Å²) in [6, 6.07) is 10.2. The summed E-state index contributed by atoms with van der Waals surface area (Å²) >= 11 is 1.64. The van der Waals surface area contributed by atoms with Crippen molar-refractivity contribution in [2.75, 3.05) is 5.75 Å². The molecule has 0 amide bonds. The Hall–Kier alpha value is -0.800. The lowest BCUT2D eigenvalue weighted by molar-refractivity contribution is -0.128. The van der Waals surface area contributed by atoms with E-state index in [0.717, 1.165) is 12.2 Å². The molecule has 1 fully saturated rings. The zero-order valence-electron chi connectivity index (χ0n) is 11.0. The van der Waals surface area contributed by atoms with Crippen molar-refractivity contribution < 1.29 is 9.53 Å². The fourth-order valence-corrected chi connectivity index (χ4v) is 3.36. The van der Waals surface area contributed by atoms with Crippen molar-refractivity contribution in [1.82, 2.24) is 0 Å². The summed E-state index contributed by atoms with van der Waals surface area (Å²) < 4.78 is 5.70. The van der Waals surface area contributed by atoms with E-state index in [2.05, 4.69) is 19.1 Å². The van der Waals surface area contributed by atoms with Crippen LogP contribution in [0.5, 0.6) is 0 Å². The van der Waals surface area contributed by atoms with Crippen LogP contribution in [0, 0.1) is 0 Å². The van der Waals surface area contributed by atoms with Gasteiger partial charge in [0.15, 0.2) is 11.2 Å². The van der Waals surface area contributed by atoms with Gasteiger partial charge in [-0.2, -0.15) is 0 Å². The van der Waals surface area contributed by atoms with E-state index in [1.54, 1.807) is 11.8 Å². The molecule has 1 aromatic rings. The van der Waals surface area contributed by atoms with Gasteiger partial charge in [0, 0.05) is 6.42 Å². The van der Waals surface area contributed by atoms with Crippen LogP contribution in [-0.4, -0.2) is 23.1 Å². The largest absolute Gasteiger partial charge is 0.357 e. The molecule has 1 heterocycles. The first kappa shape index (κ1) is 13.6. The van der Waals surface area contributed by atoms with Crippen molar-refractivity contribution in [3.8, 4) is 0 Å². The molecule has 0 spiro atoms. The summed E-state index contributed by atoms with van der Waals surface area (Å²) in [6.45, 7) is 4.14. The van der Waals surface area contributed by atoms with Gasteiger partial charge in [0.1, 0.15) is 0 Å². The number of rotatable bonds is 4. The number of carbonyl (C=O) groups is 1. The minimum Gasteiger partial charge on any atom is -0.357 e. The Bertz CT molecular complexity index is 391. The number of thioether (sulfide) groups is 1. The third-order valence-corrected chi connectivity index (χ3v) is 4.44. The minimum absolute atomic E-state index is 0.215. The van der Waals surface area contributed by atoms with Crippen molar-refractivity contribution in [2.24, 2.45) is 0 Å². The van der Waals surface area contributed by atoms with Crippen LogP contribution in [0.15, 0.2) is 30.3 Å². The summed E-state index contributed by atoms with van der Waals surface area (Å²) in [6.07, 6.45) is 1.82. The van der Waals surface area contributed by atoms with Crippen LogP contribution < -0.4 is 0 Å². The molecule has 2 nitrogen and oxygen atoms in total. The Balaban J connectivity index is 1.91. The number of hydrogen-bond donors (Lipinski definition) is 0. The van der Waals surface area contributed by atoms with Gasteiger partial charge in [-0.25, -0.2) is 0 Å². The average Bonchev–Trinajstić information content (AvgIpc) is 2.39. The molecule has 0 saturated carbocycles. The van der Waals surface area contributed by atoms with E-state index in [1.807, 2.05) is 25.1 Å². The Morgan fingerprint density at radius 2 is 2.17 bits per heavy atom. The smallest absolute Gasteiger partial charge is 0.172 e. The first-order chi connectivity index (χ1) is 8.66. The molecule has 0 bridgehead atoms. The minimum atomic E-state index is -0.250. The van der Waals surface area contributed by atoms with E-state index in [0.29, 0.717) is 6.42 Å². The van der Waals surface area contributed by atoms with E-state index < -0.39 is 0 Å². The first-order valence-electron chi connectivity index (χ1n) is 6.51. The molecule has 1 aliphatic rings. The molecule has 18 heavy (non-hydrogen) atoms. The van der Waals surface area contributed by atoms with E-state index in [9.17, 15) is 4.79 Å². The van der Waals surface area contributed by atoms with Crippen LogP contribution in [0.25, 0.3) is 0 Å². The highest BCUT2D eigenvalue weighted by atomic mass is 32.2. The number of ketones is 1. The molecule has 1 aromatic carbocycles. The Labute approximate surface area is 113 Å². The van der Waals surface area contributed by atoms with E-state index in [1.165, 1.54) is 5.56 Å². The molecule has 3 atom stereocenters. The second-order valence-corrected chi connectivity index (χ2v) is 6.09. The van der Waals surface area contributed by atoms with Crippen molar-refractivity contribution in [1.29, 1.82) is 0 Å². The van der Waals surface area contributed by atoms with Crippen molar-refractivity contribution in [3.05, 3.63) is 35.9 Å². The number of Topliss-reactive ketones (excluding diaryl/α,β-unsaturated/α-hetero) is 1. The molecule has 0 radical (unpaired) electrons. The van der Waals surface area contributed by atoms with Crippen LogP contribution >= 0.6 is 11.8 Å². The predicted molar refractivity (Wildman–Crippen MR) is 75.9 cm³/mol. The second kappa shape index (κ2) is 6.39. The van der Waals surface area contributed by atoms with Crippen LogP contribution in [-0.2, 0) is 9.53 Å². The van der Waals surface area contributed by atoms with Gasteiger partial charge in [-0.05, 0) is 30.6 Å². The topological polar surface area (TPSA) is 26.3 Å². The Kier molecular flexibility index (Phi) is 4.84. The molecule has 0 unspecified atom stereocenters. The molecule has 0 N–H and O–H groups in total. The highest BCUT2D eigenvalue weighted by molar-refractivity contribution is 8.00. The van der Waals surface area contributed by atoms with Crippen molar-refractivity contribution in [3.63, 3.8) is 0 Å². The maximum absolute atomic E-state index is 12.2. The van der Waals surface area contributed by atoms with Gasteiger partial charge in [0.05, 0.1) is 6.10 Å². The maximum atomic E-state index is 12.2. The molecule has 0 aromatic heterocycles. The van der Waals surface area contributed by atoms with Crippen LogP contribution in [0.3, 0.4) is 0 Å². The van der Waals surface area contributed by atoms with Gasteiger partial charge in [-0.15, -0.1) is 11.8 Å². The SMILES string of the molecule is C[C@@H]1CCS[C@H](C(=O)C[C@H](C)c2ccccc2)O1. The summed E-state index contributed by atoms with van der Waals surface area (Å²) in [5.41, 5.74) is 0.972.